The zero-order valence-corrected chi connectivity index (χ0v) is 29.8. The van der Waals surface area contributed by atoms with Gasteiger partial charge in [-0.15, -0.1) is 0 Å². The molecule has 2 aromatic carbocycles. The van der Waals surface area contributed by atoms with Crippen LogP contribution in [0.2, 0.25) is 0 Å². The van der Waals surface area contributed by atoms with Crippen molar-refractivity contribution in [3.05, 3.63) is 54.1 Å². The van der Waals surface area contributed by atoms with Crippen LogP contribution >= 0.6 is 0 Å². The number of aliphatic hydroxyl groups excluding tert-OH is 1. The van der Waals surface area contributed by atoms with Crippen molar-refractivity contribution in [2.24, 2.45) is 11.3 Å². The smallest absolute Gasteiger partial charge is 0.407 e. The largest absolute Gasteiger partial charge is 0.454 e. The fourth-order valence-electron chi connectivity index (χ4n) is 6.42. The minimum Gasteiger partial charge on any atom is -0.454 e. The maximum atomic E-state index is 14.3. The Morgan fingerprint density at radius 3 is 2.60 bits per heavy atom. The Kier molecular flexibility index (Phi) is 12.8. The van der Waals surface area contributed by atoms with Crippen molar-refractivity contribution in [1.29, 1.82) is 0 Å². The maximum absolute atomic E-state index is 14.3. The Morgan fingerprint density at radius 1 is 1.06 bits per heavy atom. The van der Waals surface area contributed by atoms with Gasteiger partial charge in [0.1, 0.15) is 6.10 Å². The first-order chi connectivity index (χ1) is 23.9. The van der Waals surface area contributed by atoms with E-state index in [1.807, 2.05) is 51.1 Å². The highest BCUT2D eigenvalue weighted by molar-refractivity contribution is 7.89. The molecule has 4 N–H and O–H groups in total. The number of alkyl carbamates (subject to hydrolysis) is 1. The highest BCUT2D eigenvalue weighted by Crippen LogP contribution is 2.36. The Labute approximate surface area is 294 Å². The molecule has 50 heavy (non-hydrogen) atoms. The molecule has 3 aliphatic heterocycles. The van der Waals surface area contributed by atoms with Gasteiger partial charge in [0.2, 0.25) is 16.8 Å². The minimum absolute atomic E-state index is 0.0108. The summed E-state index contributed by atoms with van der Waals surface area (Å²) in [5.74, 6) is 0.694. The quantitative estimate of drug-likeness (QED) is 0.178. The number of fused-ring (bicyclic) bond motifs is 2. The number of rotatable bonds is 17. The maximum Gasteiger partial charge on any atom is 0.407 e. The second-order valence-corrected chi connectivity index (χ2v) is 15.7. The number of ether oxygens (including phenoxy) is 5. The molecular weight excluding hydrogens is 668 g/mol. The van der Waals surface area contributed by atoms with E-state index >= 15 is 0 Å². The summed E-state index contributed by atoms with van der Waals surface area (Å²) >= 11 is 0. The summed E-state index contributed by atoms with van der Waals surface area (Å²) in [5, 5.41) is 20.2. The van der Waals surface area contributed by atoms with Crippen LogP contribution in [0.25, 0.3) is 0 Å². The van der Waals surface area contributed by atoms with Gasteiger partial charge in [-0.25, -0.2) is 18.0 Å². The Hall–Kier alpha value is -3.63. The van der Waals surface area contributed by atoms with Crippen LogP contribution in [0.1, 0.15) is 52.0 Å². The third-order valence-corrected chi connectivity index (χ3v) is 10.9. The van der Waals surface area contributed by atoms with Crippen LogP contribution in [0, 0.1) is 11.3 Å². The average molecular weight is 719 g/mol. The molecule has 0 aliphatic carbocycles. The van der Waals surface area contributed by atoms with Gasteiger partial charge in [0.05, 0.1) is 36.2 Å². The normalized spacial score (nSPS) is 21.0. The molecule has 0 bridgehead atoms. The molecule has 14 nitrogen and oxygen atoms in total. The molecule has 5 atom stereocenters. The van der Waals surface area contributed by atoms with E-state index in [1.54, 1.807) is 6.07 Å². The second-order valence-electron chi connectivity index (χ2n) is 13.7. The summed E-state index contributed by atoms with van der Waals surface area (Å²) < 4.78 is 57.7. The molecule has 3 heterocycles. The summed E-state index contributed by atoms with van der Waals surface area (Å²) in [6.45, 7) is 7.32. The SMILES string of the molecule is CCCNC(=O)NCCCC(C)(C)CN(C[C@@H](O)[C@H](Cc1ccccc1)NC(=O)O[C@H]1CO[C@H]2OCC[C@H]21)S(=O)(=O)c1ccc2c(c1)OCO2. The third kappa shape index (κ3) is 10.00. The van der Waals surface area contributed by atoms with Crippen LogP contribution < -0.4 is 25.4 Å². The van der Waals surface area contributed by atoms with Crippen molar-refractivity contribution in [2.45, 2.75) is 82.3 Å². The van der Waals surface area contributed by atoms with Gasteiger partial charge in [0.15, 0.2) is 17.8 Å². The molecule has 0 spiro atoms. The molecule has 2 aromatic rings. The zero-order valence-electron chi connectivity index (χ0n) is 29.0. The van der Waals surface area contributed by atoms with Gasteiger partial charge < -0.3 is 44.7 Å². The molecule has 0 unspecified atom stereocenters. The fourth-order valence-corrected chi connectivity index (χ4v) is 8.08. The topological polar surface area (TPSA) is 174 Å². The van der Waals surface area contributed by atoms with Crippen LogP contribution in [0.5, 0.6) is 11.5 Å². The van der Waals surface area contributed by atoms with Crippen LogP contribution in [0.15, 0.2) is 53.4 Å². The van der Waals surface area contributed by atoms with Crippen LogP contribution in [0.4, 0.5) is 9.59 Å². The molecule has 2 fully saturated rings. The van der Waals surface area contributed by atoms with Gasteiger partial charge in [-0.1, -0.05) is 51.1 Å². The predicted octanol–water partition coefficient (Wildman–Crippen LogP) is 3.38. The first kappa shape index (κ1) is 37.6. The van der Waals surface area contributed by atoms with E-state index in [4.69, 9.17) is 23.7 Å². The van der Waals surface area contributed by atoms with Gasteiger partial charge in [0.25, 0.3) is 0 Å². The standard InChI is InChI=1S/C35H50N4O10S/c1-4-15-36-33(41)37-16-8-14-35(2,3)22-39(50(43,44)25-11-12-29-30(19-25)48-23-47-29)20-28(40)27(18-24-9-6-5-7-10-24)38-34(42)49-31-21-46-32-26(31)13-17-45-32/h5-7,9-12,19,26-28,31-32,40H,4,8,13-18,20-23H2,1-3H3,(H,38,42)(H2,36,37,41)/t26-,27-,28+,31-,32+/m0/s1. The van der Waals surface area contributed by atoms with Gasteiger partial charge in [-0.3, -0.25) is 0 Å². The fraction of sp³-hybridized carbons (Fsp3) is 0.600. The summed E-state index contributed by atoms with van der Waals surface area (Å²) in [6, 6.07) is 12.6. The summed E-state index contributed by atoms with van der Waals surface area (Å²) in [5.41, 5.74) is 0.278. The first-order valence-corrected chi connectivity index (χ1v) is 18.7. The number of sulfonamides is 1. The lowest BCUT2D eigenvalue weighted by atomic mass is 9.87. The van der Waals surface area contributed by atoms with E-state index in [-0.39, 0.29) is 49.8 Å². The highest BCUT2D eigenvalue weighted by Gasteiger charge is 2.44. The van der Waals surface area contributed by atoms with Gasteiger partial charge in [-0.2, -0.15) is 4.31 Å². The summed E-state index contributed by atoms with van der Waals surface area (Å²) in [4.78, 5) is 25.2. The predicted molar refractivity (Wildman–Crippen MR) is 183 cm³/mol. The number of nitrogens with one attached hydrogen (secondary N) is 3. The van der Waals surface area contributed by atoms with Crippen molar-refractivity contribution in [3.63, 3.8) is 0 Å². The Balaban J connectivity index is 1.33. The van der Waals surface area contributed by atoms with Crippen molar-refractivity contribution in [2.75, 3.05) is 46.2 Å². The molecule has 276 valence electrons. The van der Waals surface area contributed by atoms with Crippen LogP contribution in [0.3, 0.4) is 0 Å². The van der Waals surface area contributed by atoms with E-state index in [0.717, 1.165) is 12.0 Å². The van der Waals surface area contributed by atoms with Gasteiger partial charge in [-0.05, 0) is 55.2 Å². The van der Waals surface area contributed by atoms with Crippen LogP contribution in [-0.4, -0.2) is 101 Å². The number of urea groups is 1. The van der Waals surface area contributed by atoms with Crippen molar-refractivity contribution >= 4 is 22.1 Å². The molecule has 3 amide bonds. The van der Waals surface area contributed by atoms with E-state index < -0.39 is 46.1 Å². The number of benzene rings is 2. The van der Waals surface area contributed by atoms with E-state index in [2.05, 4.69) is 16.0 Å². The Morgan fingerprint density at radius 2 is 1.82 bits per heavy atom. The number of hydrogen-bond donors (Lipinski definition) is 4. The number of aliphatic hydroxyl groups is 1. The van der Waals surface area contributed by atoms with E-state index in [9.17, 15) is 23.1 Å². The monoisotopic (exact) mass is 718 g/mol. The highest BCUT2D eigenvalue weighted by atomic mass is 32.2. The lowest BCUT2D eigenvalue weighted by Gasteiger charge is -2.35. The Bertz CT molecular complexity index is 1540. The molecule has 0 radical (unpaired) electrons. The van der Waals surface area contributed by atoms with Crippen LogP contribution in [-0.2, 0) is 30.7 Å². The summed E-state index contributed by atoms with van der Waals surface area (Å²) in [6.07, 6.45) is 0.00441. The van der Waals surface area contributed by atoms with Crippen molar-refractivity contribution in [1.82, 2.24) is 20.3 Å². The molecule has 0 saturated carbocycles. The third-order valence-electron chi connectivity index (χ3n) is 9.14. The second kappa shape index (κ2) is 17.1. The number of carbonyl (C=O) groups is 2. The molecule has 2 saturated heterocycles. The number of amides is 3. The number of nitrogens with zero attached hydrogens (tertiary/aromatic N) is 1. The average Bonchev–Trinajstić information content (AvgIpc) is 3.84. The summed E-state index contributed by atoms with van der Waals surface area (Å²) in [7, 11) is -4.18. The number of hydrogen-bond acceptors (Lipinski definition) is 10. The molecule has 3 aliphatic rings. The molecule has 5 rings (SSSR count). The van der Waals surface area contributed by atoms with Gasteiger partial charge >= 0.3 is 12.1 Å². The lowest BCUT2D eigenvalue weighted by Crippen LogP contribution is -2.52. The molecular formula is C35H50N4O10S. The lowest BCUT2D eigenvalue weighted by molar-refractivity contribution is -0.0907. The minimum atomic E-state index is -4.18. The zero-order chi connectivity index (χ0) is 35.7. The molecule has 0 aromatic heterocycles. The van der Waals surface area contributed by atoms with E-state index in [0.29, 0.717) is 50.5 Å². The number of carbonyl (C=O) groups excluding carboxylic acids is 2. The van der Waals surface area contributed by atoms with Crippen molar-refractivity contribution < 1.29 is 46.8 Å². The first-order valence-electron chi connectivity index (χ1n) is 17.3. The van der Waals surface area contributed by atoms with Gasteiger partial charge in [0, 0.05) is 32.2 Å². The van der Waals surface area contributed by atoms with Crippen molar-refractivity contribution in [3.8, 4) is 11.5 Å². The molecule has 15 heteroatoms. The van der Waals surface area contributed by atoms with E-state index in [1.165, 1.54) is 16.4 Å².